The molecule has 3 aromatic carbocycles. The van der Waals surface area contributed by atoms with Gasteiger partial charge in [-0.15, -0.1) is 0 Å². The van der Waals surface area contributed by atoms with E-state index >= 15 is 0 Å². The SMILES string of the molecule is COc1ccc(C/C=C(/OB2Oc3ccccc3O2)c2ccccc2)cc1. The monoisotopic (exact) mass is 358 g/mol. The number of allylic oxidation sites excluding steroid dienone is 1. The second kappa shape index (κ2) is 7.91. The molecular formula is C22H19BO4. The highest BCUT2D eigenvalue weighted by Gasteiger charge is 2.38. The Kier molecular flexibility index (Phi) is 5.01. The van der Waals surface area contributed by atoms with E-state index in [0.29, 0.717) is 23.7 Å². The molecule has 4 rings (SSSR count). The van der Waals surface area contributed by atoms with Gasteiger partial charge in [-0.1, -0.05) is 54.6 Å². The maximum atomic E-state index is 6.04. The van der Waals surface area contributed by atoms with Crippen molar-refractivity contribution in [1.82, 2.24) is 0 Å². The van der Waals surface area contributed by atoms with Crippen LogP contribution in [-0.4, -0.2) is 14.4 Å². The van der Waals surface area contributed by atoms with Gasteiger partial charge in [0.1, 0.15) is 23.0 Å². The minimum absolute atomic E-state index is 0.685. The Morgan fingerprint density at radius 1 is 0.852 bits per heavy atom. The van der Waals surface area contributed by atoms with Gasteiger partial charge in [0.25, 0.3) is 0 Å². The van der Waals surface area contributed by atoms with Gasteiger partial charge in [-0.05, 0) is 42.3 Å². The van der Waals surface area contributed by atoms with Gasteiger partial charge in [0.05, 0.1) is 7.11 Å². The quantitative estimate of drug-likeness (QED) is 0.471. The first-order chi connectivity index (χ1) is 13.3. The number of hydrogen-bond donors (Lipinski definition) is 0. The normalized spacial score (nSPS) is 12.8. The van der Waals surface area contributed by atoms with Crippen molar-refractivity contribution in [1.29, 1.82) is 0 Å². The number of ether oxygens (including phenoxy) is 1. The molecule has 0 aromatic heterocycles. The Morgan fingerprint density at radius 3 is 2.11 bits per heavy atom. The van der Waals surface area contributed by atoms with Gasteiger partial charge >= 0.3 is 7.32 Å². The van der Waals surface area contributed by atoms with Crippen molar-refractivity contribution < 1.29 is 18.7 Å². The van der Waals surface area contributed by atoms with Crippen molar-refractivity contribution in [2.45, 2.75) is 6.42 Å². The molecule has 4 nitrogen and oxygen atoms in total. The summed E-state index contributed by atoms with van der Waals surface area (Å²) in [5, 5.41) is 0. The Morgan fingerprint density at radius 2 is 1.48 bits per heavy atom. The number of para-hydroxylation sites is 2. The van der Waals surface area contributed by atoms with E-state index in [1.165, 1.54) is 0 Å². The highest BCUT2D eigenvalue weighted by atomic mass is 16.8. The van der Waals surface area contributed by atoms with E-state index in [2.05, 4.69) is 0 Å². The van der Waals surface area contributed by atoms with Gasteiger partial charge in [0, 0.05) is 5.56 Å². The topological polar surface area (TPSA) is 36.9 Å². The zero-order valence-corrected chi connectivity index (χ0v) is 15.0. The molecule has 0 amide bonds. The fourth-order valence-corrected chi connectivity index (χ4v) is 2.84. The molecule has 0 saturated heterocycles. The van der Waals surface area contributed by atoms with Crippen LogP contribution in [0.15, 0.2) is 84.9 Å². The molecule has 0 unspecified atom stereocenters. The standard InChI is InChI=1S/C22H19BO4/c1-24-19-14-11-17(12-15-19)13-16-20(18-7-3-2-4-8-18)25-23-26-21-9-5-6-10-22(21)27-23/h2-12,14-16H,13H2,1H3/b20-16+. The average Bonchev–Trinajstić information content (AvgIpc) is 3.14. The second-order valence-electron chi connectivity index (χ2n) is 6.08. The van der Waals surface area contributed by atoms with Crippen LogP contribution in [0.2, 0.25) is 0 Å². The third kappa shape index (κ3) is 4.09. The Labute approximate surface area is 159 Å². The summed E-state index contributed by atoms with van der Waals surface area (Å²) in [7, 11) is 0.861. The van der Waals surface area contributed by atoms with Crippen LogP contribution in [0.3, 0.4) is 0 Å². The lowest BCUT2D eigenvalue weighted by atomic mass is 10.1. The molecule has 134 valence electrons. The molecule has 0 atom stereocenters. The van der Waals surface area contributed by atoms with Crippen molar-refractivity contribution in [2.24, 2.45) is 0 Å². The van der Waals surface area contributed by atoms with E-state index in [4.69, 9.17) is 18.7 Å². The molecular weight excluding hydrogens is 339 g/mol. The van der Waals surface area contributed by atoms with E-state index in [1.807, 2.05) is 84.9 Å². The first-order valence-electron chi connectivity index (χ1n) is 8.79. The summed E-state index contributed by atoms with van der Waals surface area (Å²) < 4.78 is 22.7. The summed E-state index contributed by atoms with van der Waals surface area (Å²) in [5.41, 5.74) is 2.12. The van der Waals surface area contributed by atoms with Gasteiger partial charge in [0.2, 0.25) is 0 Å². The average molecular weight is 358 g/mol. The molecule has 1 aliphatic heterocycles. The maximum Gasteiger partial charge on any atom is 0.864 e. The summed E-state index contributed by atoms with van der Waals surface area (Å²) in [6.07, 6.45) is 2.75. The summed E-state index contributed by atoms with van der Waals surface area (Å²) in [5.74, 6) is 2.92. The number of fused-ring (bicyclic) bond motifs is 1. The highest BCUT2D eigenvalue weighted by Crippen LogP contribution is 2.34. The van der Waals surface area contributed by atoms with E-state index in [1.54, 1.807) is 7.11 Å². The van der Waals surface area contributed by atoms with Crippen molar-refractivity contribution in [2.75, 3.05) is 7.11 Å². The van der Waals surface area contributed by atoms with Crippen LogP contribution >= 0.6 is 0 Å². The molecule has 0 N–H and O–H groups in total. The van der Waals surface area contributed by atoms with Gasteiger partial charge in [-0.3, -0.25) is 0 Å². The lowest BCUT2D eigenvalue weighted by Gasteiger charge is -2.12. The summed E-state index contributed by atoms with van der Waals surface area (Å²) in [4.78, 5) is 0. The Balaban J connectivity index is 1.52. The lowest BCUT2D eigenvalue weighted by molar-refractivity contribution is 0.329. The predicted molar refractivity (Wildman–Crippen MR) is 106 cm³/mol. The van der Waals surface area contributed by atoms with Crippen LogP contribution in [0, 0.1) is 0 Å². The molecule has 0 bridgehead atoms. The van der Waals surface area contributed by atoms with Gasteiger partial charge in [-0.2, -0.15) is 0 Å². The number of hydrogen-bond acceptors (Lipinski definition) is 4. The van der Waals surface area contributed by atoms with Crippen LogP contribution in [-0.2, 0) is 11.1 Å². The number of benzene rings is 3. The molecule has 0 fully saturated rings. The second-order valence-corrected chi connectivity index (χ2v) is 6.08. The predicted octanol–water partition coefficient (Wildman–Crippen LogP) is 4.75. The maximum absolute atomic E-state index is 6.04. The zero-order valence-electron chi connectivity index (χ0n) is 15.0. The smallest absolute Gasteiger partial charge is 0.497 e. The van der Waals surface area contributed by atoms with Crippen molar-refractivity contribution in [3.8, 4) is 17.2 Å². The number of rotatable bonds is 6. The van der Waals surface area contributed by atoms with E-state index < -0.39 is 7.32 Å². The molecule has 27 heavy (non-hydrogen) atoms. The summed E-state index contributed by atoms with van der Waals surface area (Å²) in [6, 6.07) is 25.4. The van der Waals surface area contributed by atoms with Crippen molar-refractivity contribution >= 4 is 13.1 Å². The van der Waals surface area contributed by atoms with Gasteiger partial charge in [-0.25, -0.2) is 0 Å². The molecule has 5 heteroatoms. The molecule has 3 aromatic rings. The largest absolute Gasteiger partial charge is 0.864 e. The minimum atomic E-state index is -0.801. The molecule has 0 spiro atoms. The molecule has 0 saturated carbocycles. The van der Waals surface area contributed by atoms with Crippen LogP contribution in [0.5, 0.6) is 17.2 Å². The number of methoxy groups -OCH3 is 1. The third-order valence-corrected chi connectivity index (χ3v) is 4.26. The van der Waals surface area contributed by atoms with Crippen LogP contribution in [0.25, 0.3) is 5.76 Å². The summed E-state index contributed by atoms with van der Waals surface area (Å²) >= 11 is 0. The fourth-order valence-electron chi connectivity index (χ4n) is 2.84. The van der Waals surface area contributed by atoms with E-state index in [0.717, 1.165) is 16.9 Å². The first kappa shape index (κ1) is 17.1. The molecule has 0 radical (unpaired) electrons. The van der Waals surface area contributed by atoms with Gasteiger partial charge in [0.15, 0.2) is 0 Å². The minimum Gasteiger partial charge on any atom is -0.497 e. The third-order valence-electron chi connectivity index (χ3n) is 4.26. The van der Waals surface area contributed by atoms with Crippen LogP contribution in [0.1, 0.15) is 11.1 Å². The van der Waals surface area contributed by atoms with Crippen LogP contribution < -0.4 is 14.0 Å². The molecule has 1 heterocycles. The highest BCUT2D eigenvalue weighted by molar-refractivity contribution is 6.41. The molecule has 1 aliphatic rings. The fraction of sp³-hybridized carbons (Fsp3) is 0.0909. The van der Waals surface area contributed by atoms with E-state index in [9.17, 15) is 0 Å². The van der Waals surface area contributed by atoms with Crippen LogP contribution in [0.4, 0.5) is 0 Å². The molecule has 0 aliphatic carbocycles. The van der Waals surface area contributed by atoms with Gasteiger partial charge < -0.3 is 18.7 Å². The van der Waals surface area contributed by atoms with E-state index in [-0.39, 0.29) is 0 Å². The Bertz CT molecular complexity index is 898. The first-order valence-corrected chi connectivity index (χ1v) is 8.79. The summed E-state index contributed by atoms with van der Waals surface area (Å²) in [6.45, 7) is 0. The van der Waals surface area contributed by atoms with Crippen molar-refractivity contribution in [3.63, 3.8) is 0 Å². The zero-order chi connectivity index (χ0) is 18.5. The van der Waals surface area contributed by atoms with Crippen molar-refractivity contribution in [3.05, 3.63) is 96.1 Å². The Hall–Kier alpha value is -3.34. The lowest BCUT2D eigenvalue weighted by Crippen LogP contribution is -2.28.